The molecule has 6 aromatic rings. The summed E-state index contributed by atoms with van der Waals surface area (Å²) >= 11 is 0. The molecule has 6 nitrogen and oxygen atoms in total. The Labute approximate surface area is 415 Å². The molecule has 0 saturated carbocycles. The molecule has 0 amide bonds. The van der Waals surface area contributed by atoms with Crippen LogP contribution in [0.4, 0.5) is 0 Å². The smallest absolute Gasteiger partial charge is 0.339 e. The maximum Gasteiger partial charge on any atom is 0.339 e. The van der Waals surface area contributed by atoms with E-state index in [2.05, 4.69) is 182 Å². The first kappa shape index (κ1) is 52.7. The van der Waals surface area contributed by atoms with E-state index in [1.54, 1.807) is 24.3 Å². The second-order valence-corrected chi connectivity index (χ2v) is 28.8. The van der Waals surface area contributed by atoms with Crippen LogP contribution in [0.1, 0.15) is 103 Å². The van der Waals surface area contributed by atoms with Crippen molar-refractivity contribution in [3.8, 4) is 11.8 Å². The van der Waals surface area contributed by atoms with Gasteiger partial charge in [-0.3, -0.25) is 4.79 Å². The molecule has 69 heavy (non-hydrogen) atoms. The van der Waals surface area contributed by atoms with Crippen LogP contribution < -0.4 is 20.7 Å². The van der Waals surface area contributed by atoms with Crippen molar-refractivity contribution in [2.24, 2.45) is 5.92 Å². The van der Waals surface area contributed by atoms with E-state index in [1.165, 1.54) is 20.7 Å². The minimum absolute atomic E-state index is 0.135. The lowest BCUT2D eigenvalue weighted by atomic mass is 9.97. The van der Waals surface area contributed by atoms with Crippen molar-refractivity contribution in [1.29, 1.82) is 0 Å². The predicted octanol–water partition coefficient (Wildman–Crippen LogP) is 11.5. The van der Waals surface area contributed by atoms with Crippen LogP contribution >= 0.6 is 0 Å². The van der Waals surface area contributed by atoms with Gasteiger partial charge in [0, 0.05) is 25.7 Å². The van der Waals surface area contributed by atoms with Gasteiger partial charge in [0.25, 0.3) is 16.6 Å². The number of carbonyl (C=O) groups is 2. The van der Waals surface area contributed by atoms with E-state index in [-0.39, 0.29) is 34.3 Å². The molecular weight excluding hydrogens is 885 g/mol. The Morgan fingerprint density at radius 1 is 0.551 bits per heavy atom. The van der Waals surface area contributed by atoms with Gasteiger partial charge in [-0.2, -0.15) is 0 Å². The standard InChI is InChI=1S/C61H72O6Si2/c1-49(44-46-65-68(60(2,3)4,55-32-18-10-19-33-55)56-34-20-11-21-35-56)47-54(67-69(61(5,6)7,57-36-22-12-23-37-57)58-38-24-13-25-39-58)43-41-52(62)40-42-53(66-59(63)51-29-16-9-17-30-51)31-26-45-64-48-50-27-14-8-15-28-50/h8-25,27-30,32-39,49,53-54H,26,31,41,43-48H2,1-7H3/t49-,53+,54+/m0/s1. The van der Waals surface area contributed by atoms with E-state index in [0.29, 0.717) is 44.6 Å². The fourth-order valence-corrected chi connectivity index (χ4v) is 18.8. The summed E-state index contributed by atoms with van der Waals surface area (Å²) in [4.78, 5) is 27.2. The van der Waals surface area contributed by atoms with Crippen LogP contribution in [0.2, 0.25) is 10.1 Å². The van der Waals surface area contributed by atoms with Gasteiger partial charge in [0.2, 0.25) is 5.78 Å². The molecular formula is C61H72O6Si2. The van der Waals surface area contributed by atoms with Crippen LogP contribution in [-0.2, 0) is 29.7 Å². The molecule has 0 bridgehead atoms. The summed E-state index contributed by atoms with van der Waals surface area (Å²) in [5, 5.41) is 4.52. The Balaban J connectivity index is 1.24. The highest BCUT2D eigenvalue weighted by atomic mass is 28.4. The number of esters is 1. The number of ketones is 1. The zero-order chi connectivity index (χ0) is 49.2. The molecule has 0 aliphatic heterocycles. The largest absolute Gasteiger partial charge is 0.446 e. The molecule has 3 atom stereocenters. The molecule has 0 radical (unpaired) electrons. The lowest BCUT2D eigenvalue weighted by Gasteiger charge is -2.45. The van der Waals surface area contributed by atoms with Gasteiger partial charge in [0.05, 0.1) is 12.2 Å². The molecule has 6 aromatic carbocycles. The first-order valence-corrected chi connectivity index (χ1v) is 28.5. The van der Waals surface area contributed by atoms with Gasteiger partial charge in [-0.1, -0.05) is 224 Å². The summed E-state index contributed by atoms with van der Waals surface area (Å²) in [6.45, 7) is 17.6. The molecule has 6 rings (SSSR count). The first-order chi connectivity index (χ1) is 33.2. The highest BCUT2D eigenvalue weighted by molar-refractivity contribution is 7.00. The highest BCUT2D eigenvalue weighted by Crippen LogP contribution is 2.40. The Hall–Kier alpha value is -5.67. The highest BCUT2D eigenvalue weighted by Gasteiger charge is 2.52. The fourth-order valence-electron chi connectivity index (χ4n) is 9.49. The molecule has 360 valence electrons. The van der Waals surface area contributed by atoms with Crippen LogP contribution in [0.25, 0.3) is 0 Å². The number of rotatable bonds is 23. The number of ether oxygens (including phenoxy) is 2. The van der Waals surface area contributed by atoms with E-state index in [4.69, 9.17) is 18.3 Å². The van der Waals surface area contributed by atoms with Crippen LogP contribution in [0.5, 0.6) is 0 Å². The van der Waals surface area contributed by atoms with Crippen molar-refractivity contribution in [3.63, 3.8) is 0 Å². The van der Waals surface area contributed by atoms with Crippen molar-refractivity contribution in [2.75, 3.05) is 13.2 Å². The summed E-state index contributed by atoms with van der Waals surface area (Å²) in [6.07, 6.45) is 2.23. The van der Waals surface area contributed by atoms with E-state index in [1.807, 2.05) is 36.4 Å². The Morgan fingerprint density at radius 3 is 1.48 bits per heavy atom. The van der Waals surface area contributed by atoms with E-state index in [9.17, 15) is 9.59 Å². The van der Waals surface area contributed by atoms with Gasteiger partial charge < -0.3 is 18.3 Å². The maximum absolute atomic E-state index is 14.0. The molecule has 0 fully saturated rings. The van der Waals surface area contributed by atoms with E-state index >= 15 is 0 Å². The quantitative estimate of drug-likeness (QED) is 0.0209. The lowest BCUT2D eigenvalue weighted by Crippen LogP contribution is -2.67. The molecule has 0 saturated heterocycles. The van der Waals surface area contributed by atoms with Crippen LogP contribution in [0.3, 0.4) is 0 Å². The molecule has 0 N–H and O–H groups in total. The number of carbonyl (C=O) groups excluding carboxylic acids is 2. The van der Waals surface area contributed by atoms with Gasteiger partial charge in [-0.25, -0.2) is 4.79 Å². The zero-order valence-electron chi connectivity index (χ0n) is 41.9. The topological polar surface area (TPSA) is 71.1 Å². The number of hydrogen-bond acceptors (Lipinski definition) is 6. The normalized spacial score (nSPS) is 13.4. The van der Waals surface area contributed by atoms with Crippen molar-refractivity contribution in [3.05, 3.63) is 193 Å². The summed E-state index contributed by atoms with van der Waals surface area (Å²) in [5.74, 6) is 5.48. The zero-order valence-corrected chi connectivity index (χ0v) is 43.9. The van der Waals surface area contributed by atoms with Crippen LogP contribution in [-0.4, -0.2) is 53.8 Å². The fraction of sp³-hybridized carbons (Fsp3) is 0.344. The summed E-state index contributed by atoms with van der Waals surface area (Å²) in [5.41, 5.74) is 1.52. The van der Waals surface area contributed by atoms with Gasteiger partial charge in [-0.05, 0) is 92.5 Å². The van der Waals surface area contributed by atoms with Crippen molar-refractivity contribution < 1.29 is 27.9 Å². The SMILES string of the molecule is C[C@@H](CCO[Si](c1ccccc1)(c1ccccc1)C(C)(C)C)C[C@@H](CCC(=O)C#C[C@@H](CCCOCc1ccccc1)OC(=O)c1ccccc1)O[Si](c1ccccc1)(c1ccccc1)C(C)(C)C. The average Bonchev–Trinajstić information content (AvgIpc) is 3.36. The van der Waals surface area contributed by atoms with Crippen molar-refractivity contribution >= 4 is 49.1 Å². The molecule has 8 heteroatoms. The minimum atomic E-state index is -3.00. The summed E-state index contributed by atoms with van der Waals surface area (Å²) in [6, 6.07) is 61.8. The number of benzene rings is 6. The second kappa shape index (κ2) is 25.3. The van der Waals surface area contributed by atoms with Crippen molar-refractivity contribution in [2.45, 2.75) is 116 Å². The van der Waals surface area contributed by atoms with Gasteiger partial charge in [0.15, 0.2) is 6.10 Å². The monoisotopic (exact) mass is 956 g/mol. The maximum atomic E-state index is 14.0. The summed E-state index contributed by atoms with van der Waals surface area (Å²) in [7, 11) is -5.73. The molecule has 0 heterocycles. The molecule has 0 aromatic heterocycles. The third-order valence-electron chi connectivity index (χ3n) is 13.0. The summed E-state index contributed by atoms with van der Waals surface area (Å²) < 4.78 is 27.0. The third-order valence-corrected chi connectivity index (χ3v) is 23.1. The van der Waals surface area contributed by atoms with Crippen molar-refractivity contribution in [1.82, 2.24) is 0 Å². The average molecular weight is 957 g/mol. The van der Waals surface area contributed by atoms with Crippen LogP contribution in [0, 0.1) is 17.8 Å². The molecule has 0 aliphatic carbocycles. The number of hydrogen-bond donors (Lipinski definition) is 0. The van der Waals surface area contributed by atoms with Gasteiger partial charge in [-0.15, -0.1) is 0 Å². The van der Waals surface area contributed by atoms with E-state index in [0.717, 1.165) is 18.4 Å². The Morgan fingerprint density at radius 2 is 1.00 bits per heavy atom. The third kappa shape index (κ3) is 14.2. The van der Waals surface area contributed by atoms with Crippen LogP contribution in [0.15, 0.2) is 182 Å². The molecule has 0 aliphatic rings. The Kier molecular flexibility index (Phi) is 19.3. The molecule has 0 unspecified atom stereocenters. The first-order valence-electron chi connectivity index (χ1n) is 24.7. The van der Waals surface area contributed by atoms with Gasteiger partial charge >= 0.3 is 5.97 Å². The second-order valence-electron chi connectivity index (χ2n) is 20.2. The number of Topliss-reactive ketones (excluding diaryl/α,β-unsaturated/α-hetero) is 1. The predicted molar refractivity (Wildman–Crippen MR) is 287 cm³/mol. The minimum Gasteiger partial charge on any atom is -0.446 e. The lowest BCUT2D eigenvalue weighted by molar-refractivity contribution is -0.114. The molecule has 0 spiro atoms. The van der Waals surface area contributed by atoms with Gasteiger partial charge in [0.1, 0.15) is 0 Å². The van der Waals surface area contributed by atoms with E-state index < -0.39 is 28.7 Å². The Bertz CT molecular complexity index is 2430.